The van der Waals surface area contributed by atoms with Crippen molar-refractivity contribution in [3.05, 3.63) is 52.8 Å². The van der Waals surface area contributed by atoms with Crippen molar-refractivity contribution in [2.75, 3.05) is 7.05 Å². The highest BCUT2D eigenvalue weighted by molar-refractivity contribution is 6.35. The molecule has 3 rings (SSSR count). The van der Waals surface area contributed by atoms with Crippen molar-refractivity contribution < 1.29 is 22.4 Å². The zero-order valence-electron chi connectivity index (χ0n) is 14.0. The summed E-state index contributed by atoms with van der Waals surface area (Å²) in [6, 6.07) is 5.19. The Labute approximate surface area is 152 Å². The van der Waals surface area contributed by atoms with E-state index in [2.05, 4.69) is 4.98 Å². The molecule has 138 valence electrons. The standard InChI is InChI=1S/C17H15ClF3N3O2/c1-10-11-4-3-5-12(18)15(11)26-14(10)16(25)23(2)8-13-22-6-7-24(13)9-17(19,20)21/h3-7H,8-9H2,1-2H3. The minimum Gasteiger partial charge on any atom is -0.449 e. The third-order valence-corrected chi connectivity index (χ3v) is 4.28. The van der Waals surface area contributed by atoms with Gasteiger partial charge in [-0.1, -0.05) is 23.7 Å². The molecule has 0 bridgehead atoms. The first-order valence-electron chi connectivity index (χ1n) is 7.67. The number of para-hydroxylation sites is 1. The number of imidazole rings is 1. The van der Waals surface area contributed by atoms with E-state index in [0.29, 0.717) is 21.6 Å². The van der Waals surface area contributed by atoms with Crippen LogP contribution >= 0.6 is 11.6 Å². The second-order valence-corrected chi connectivity index (χ2v) is 6.33. The van der Waals surface area contributed by atoms with Gasteiger partial charge in [-0.3, -0.25) is 4.79 Å². The van der Waals surface area contributed by atoms with Crippen LogP contribution in [0.3, 0.4) is 0 Å². The fourth-order valence-corrected chi connectivity index (χ4v) is 2.91. The maximum atomic E-state index is 12.7. The SMILES string of the molecule is Cc1c(C(=O)N(C)Cc2nccn2CC(F)(F)F)oc2c(Cl)cccc12. The van der Waals surface area contributed by atoms with Crippen molar-refractivity contribution >= 4 is 28.5 Å². The lowest BCUT2D eigenvalue weighted by Gasteiger charge is -2.17. The van der Waals surface area contributed by atoms with Crippen LogP contribution in [0, 0.1) is 6.92 Å². The molecule has 0 saturated heterocycles. The summed E-state index contributed by atoms with van der Waals surface area (Å²) in [7, 11) is 1.48. The number of furan rings is 1. The van der Waals surface area contributed by atoms with Crippen molar-refractivity contribution in [2.45, 2.75) is 26.2 Å². The summed E-state index contributed by atoms with van der Waals surface area (Å²) in [5.41, 5.74) is 1.03. The summed E-state index contributed by atoms with van der Waals surface area (Å²) in [6.07, 6.45) is -1.87. The van der Waals surface area contributed by atoms with Crippen LogP contribution in [0.1, 0.15) is 21.9 Å². The Bertz CT molecular complexity index is 962. The van der Waals surface area contributed by atoms with Crippen molar-refractivity contribution in [3.8, 4) is 0 Å². The van der Waals surface area contributed by atoms with Gasteiger partial charge in [0, 0.05) is 30.4 Å². The number of alkyl halides is 3. The first kappa shape index (κ1) is 18.3. The molecular formula is C17H15ClF3N3O2. The number of nitrogens with zero attached hydrogens (tertiary/aromatic N) is 3. The Morgan fingerprint density at radius 2 is 2.12 bits per heavy atom. The average molecular weight is 386 g/mol. The molecule has 9 heteroatoms. The van der Waals surface area contributed by atoms with Gasteiger partial charge in [0.05, 0.1) is 11.6 Å². The van der Waals surface area contributed by atoms with Crippen molar-refractivity contribution in [1.29, 1.82) is 0 Å². The summed E-state index contributed by atoms with van der Waals surface area (Å²) in [6.45, 7) is 0.476. The highest BCUT2D eigenvalue weighted by Gasteiger charge is 2.29. The van der Waals surface area contributed by atoms with Crippen LogP contribution in [0.15, 0.2) is 35.0 Å². The van der Waals surface area contributed by atoms with Gasteiger partial charge in [-0.15, -0.1) is 0 Å². The molecule has 5 nitrogen and oxygen atoms in total. The number of hydrogen-bond donors (Lipinski definition) is 0. The lowest BCUT2D eigenvalue weighted by Crippen LogP contribution is -2.29. The van der Waals surface area contributed by atoms with Crippen molar-refractivity contribution in [2.24, 2.45) is 0 Å². The number of aryl methyl sites for hydroxylation is 1. The second kappa shape index (κ2) is 6.68. The molecule has 1 amide bonds. The molecule has 2 heterocycles. The first-order valence-corrected chi connectivity index (χ1v) is 8.05. The molecule has 0 aliphatic carbocycles. The quantitative estimate of drug-likeness (QED) is 0.667. The molecule has 0 N–H and O–H groups in total. The Morgan fingerprint density at radius 3 is 2.77 bits per heavy atom. The van der Waals surface area contributed by atoms with Crippen LogP contribution in [0.25, 0.3) is 11.0 Å². The van der Waals surface area contributed by atoms with E-state index >= 15 is 0 Å². The maximum absolute atomic E-state index is 12.7. The zero-order valence-corrected chi connectivity index (χ0v) is 14.7. The molecule has 0 aliphatic rings. The average Bonchev–Trinajstić information content (AvgIpc) is 3.11. The third kappa shape index (κ3) is 3.55. The number of amides is 1. The largest absolute Gasteiger partial charge is 0.449 e. The number of hydrogen-bond acceptors (Lipinski definition) is 3. The summed E-state index contributed by atoms with van der Waals surface area (Å²) < 4.78 is 44.4. The molecular weight excluding hydrogens is 371 g/mol. The lowest BCUT2D eigenvalue weighted by molar-refractivity contribution is -0.141. The number of carbonyl (C=O) groups excluding carboxylic acids is 1. The summed E-state index contributed by atoms with van der Waals surface area (Å²) in [5, 5.41) is 1.10. The summed E-state index contributed by atoms with van der Waals surface area (Å²) in [4.78, 5) is 17.9. The van der Waals surface area contributed by atoms with E-state index in [1.165, 1.54) is 24.3 Å². The highest BCUT2D eigenvalue weighted by atomic mass is 35.5. The van der Waals surface area contributed by atoms with Gasteiger partial charge in [-0.05, 0) is 13.0 Å². The monoisotopic (exact) mass is 385 g/mol. The van der Waals surface area contributed by atoms with Gasteiger partial charge in [0.1, 0.15) is 12.4 Å². The minimum absolute atomic E-state index is 0.0911. The second-order valence-electron chi connectivity index (χ2n) is 5.92. The molecule has 2 aromatic heterocycles. The summed E-state index contributed by atoms with van der Waals surface area (Å²) in [5.74, 6) is -0.231. The Balaban J connectivity index is 1.85. The van der Waals surface area contributed by atoms with Gasteiger partial charge < -0.3 is 13.9 Å². The number of aromatic nitrogens is 2. The molecule has 0 aliphatic heterocycles. The normalized spacial score (nSPS) is 11.9. The molecule has 1 aromatic carbocycles. The third-order valence-electron chi connectivity index (χ3n) is 3.99. The minimum atomic E-state index is -4.37. The lowest BCUT2D eigenvalue weighted by atomic mass is 10.1. The topological polar surface area (TPSA) is 51.3 Å². The van der Waals surface area contributed by atoms with Gasteiger partial charge in [-0.2, -0.15) is 13.2 Å². The summed E-state index contributed by atoms with van der Waals surface area (Å²) >= 11 is 6.09. The van der Waals surface area contributed by atoms with Crippen LogP contribution in [0.4, 0.5) is 13.2 Å². The molecule has 0 unspecified atom stereocenters. The zero-order chi connectivity index (χ0) is 19.1. The number of halogens is 4. The fraction of sp³-hybridized carbons (Fsp3) is 0.294. The van der Waals surface area contributed by atoms with Crippen LogP contribution in [-0.4, -0.2) is 33.6 Å². The van der Waals surface area contributed by atoms with Gasteiger partial charge in [0.15, 0.2) is 11.3 Å². The van der Waals surface area contributed by atoms with Gasteiger partial charge >= 0.3 is 6.18 Å². The number of carbonyl (C=O) groups is 1. The molecule has 0 spiro atoms. The van der Waals surface area contributed by atoms with E-state index in [9.17, 15) is 18.0 Å². The molecule has 0 saturated carbocycles. The van der Waals surface area contributed by atoms with E-state index < -0.39 is 18.6 Å². The molecule has 26 heavy (non-hydrogen) atoms. The molecule has 0 fully saturated rings. The molecule has 0 radical (unpaired) electrons. The predicted molar refractivity (Wildman–Crippen MR) is 90.0 cm³/mol. The van der Waals surface area contributed by atoms with E-state index in [4.69, 9.17) is 16.0 Å². The predicted octanol–water partition coefficient (Wildman–Crippen LogP) is 4.43. The van der Waals surface area contributed by atoms with Crippen molar-refractivity contribution in [1.82, 2.24) is 14.5 Å². The number of fused-ring (bicyclic) bond motifs is 1. The first-order chi connectivity index (χ1) is 12.2. The van der Waals surface area contributed by atoms with Gasteiger partial charge in [-0.25, -0.2) is 4.98 Å². The van der Waals surface area contributed by atoms with Crippen LogP contribution in [0.2, 0.25) is 5.02 Å². The van der Waals surface area contributed by atoms with Crippen LogP contribution in [-0.2, 0) is 13.1 Å². The number of rotatable bonds is 4. The highest BCUT2D eigenvalue weighted by Crippen LogP contribution is 2.31. The van der Waals surface area contributed by atoms with E-state index in [0.717, 1.165) is 4.57 Å². The van der Waals surface area contributed by atoms with Gasteiger partial charge in [0.2, 0.25) is 0 Å². The molecule has 3 aromatic rings. The van der Waals surface area contributed by atoms with Crippen LogP contribution < -0.4 is 0 Å². The Hall–Kier alpha value is -2.48. The smallest absolute Gasteiger partial charge is 0.406 e. The van der Waals surface area contributed by atoms with E-state index in [1.54, 1.807) is 25.1 Å². The van der Waals surface area contributed by atoms with Gasteiger partial charge in [0.25, 0.3) is 5.91 Å². The molecule has 0 atom stereocenters. The maximum Gasteiger partial charge on any atom is 0.406 e. The Morgan fingerprint density at radius 1 is 1.38 bits per heavy atom. The van der Waals surface area contributed by atoms with E-state index in [-0.39, 0.29) is 18.1 Å². The Kier molecular flexibility index (Phi) is 4.70. The number of benzene rings is 1. The fourth-order valence-electron chi connectivity index (χ4n) is 2.70. The van der Waals surface area contributed by atoms with E-state index in [1.807, 2.05) is 0 Å². The van der Waals surface area contributed by atoms with Crippen molar-refractivity contribution in [3.63, 3.8) is 0 Å². The van der Waals surface area contributed by atoms with Crippen LogP contribution in [0.5, 0.6) is 0 Å².